The maximum absolute atomic E-state index is 13.9. The van der Waals surface area contributed by atoms with Crippen molar-refractivity contribution in [2.45, 2.75) is 26.2 Å². The Morgan fingerprint density at radius 3 is 2.44 bits per heavy atom. The minimum Gasteiger partial charge on any atom is -0.496 e. The molecule has 0 radical (unpaired) electrons. The highest BCUT2D eigenvalue weighted by molar-refractivity contribution is 14.1. The number of ether oxygens (including phenoxy) is 3. The lowest BCUT2D eigenvalue weighted by Crippen LogP contribution is -2.30. The lowest BCUT2D eigenvalue weighted by Gasteiger charge is -2.30. The largest absolute Gasteiger partial charge is 0.496 e. The molecular formula is C25H26ClIO5. The number of ketones is 2. The average Bonchev–Trinajstić information content (AvgIpc) is 2.76. The molecule has 1 aliphatic rings. The summed E-state index contributed by atoms with van der Waals surface area (Å²) >= 11 is 8.73. The van der Waals surface area contributed by atoms with Crippen LogP contribution in [0.3, 0.4) is 0 Å². The Hall–Kier alpha value is -2.06. The number of Topliss-reactive ketones (excluding diaryl/α,β-unsaturated/α-hetero) is 1. The van der Waals surface area contributed by atoms with Gasteiger partial charge in [0.1, 0.15) is 22.1 Å². The van der Waals surface area contributed by atoms with Gasteiger partial charge in [0.2, 0.25) is 0 Å². The van der Waals surface area contributed by atoms with E-state index in [9.17, 15) is 9.59 Å². The fourth-order valence-electron chi connectivity index (χ4n) is 4.27. The first-order valence-electron chi connectivity index (χ1n) is 10.3. The third-order valence-electron chi connectivity index (χ3n) is 5.75. The van der Waals surface area contributed by atoms with Crippen LogP contribution in [-0.4, -0.2) is 32.9 Å². The molecule has 2 atom stereocenters. The Kier molecular flexibility index (Phi) is 8.22. The van der Waals surface area contributed by atoms with Crippen molar-refractivity contribution in [3.63, 3.8) is 0 Å². The Labute approximate surface area is 207 Å². The first-order valence-corrected chi connectivity index (χ1v) is 11.8. The molecule has 170 valence electrons. The second-order valence-corrected chi connectivity index (χ2v) is 9.47. The number of halogens is 2. The van der Waals surface area contributed by atoms with Gasteiger partial charge >= 0.3 is 0 Å². The number of aryl methyl sites for hydroxylation is 1. The summed E-state index contributed by atoms with van der Waals surface area (Å²) in [6, 6.07) is 9.81. The van der Waals surface area contributed by atoms with E-state index in [2.05, 4.69) is 34.7 Å². The zero-order valence-electron chi connectivity index (χ0n) is 18.5. The van der Waals surface area contributed by atoms with Gasteiger partial charge in [0.25, 0.3) is 0 Å². The lowest BCUT2D eigenvalue weighted by molar-refractivity contribution is -0.116. The maximum atomic E-state index is 13.9. The van der Waals surface area contributed by atoms with Crippen molar-refractivity contribution in [1.29, 1.82) is 0 Å². The van der Waals surface area contributed by atoms with E-state index >= 15 is 0 Å². The van der Waals surface area contributed by atoms with Crippen molar-refractivity contribution in [3.05, 3.63) is 61.7 Å². The molecule has 0 spiro atoms. The first kappa shape index (κ1) is 24.6. The Bertz CT molecular complexity index is 1060. The summed E-state index contributed by atoms with van der Waals surface area (Å²) in [4.78, 5) is 26.3. The van der Waals surface area contributed by atoms with Crippen molar-refractivity contribution in [2.24, 2.45) is 11.8 Å². The van der Waals surface area contributed by atoms with Crippen LogP contribution in [0.4, 0.5) is 0 Å². The van der Waals surface area contributed by atoms with E-state index in [1.165, 1.54) is 21.3 Å². The zero-order valence-corrected chi connectivity index (χ0v) is 21.5. The molecule has 0 aliphatic heterocycles. The van der Waals surface area contributed by atoms with Crippen LogP contribution < -0.4 is 14.2 Å². The van der Waals surface area contributed by atoms with Crippen LogP contribution in [0.2, 0.25) is 5.02 Å². The number of methoxy groups -OCH3 is 3. The van der Waals surface area contributed by atoms with E-state index in [4.69, 9.17) is 25.8 Å². The molecule has 3 rings (SSSR count). The molecule has 0 bridgehead atoms. The van der Waals surface area contributed by atoms with Gasteiger partial charge in [0.05, 0.1) is 21.3 Å². The molecular weight excluding hydrogens is 543 g/mol. The molecule has 0 saturated heterocycles. The minimum absolute atomic E-state index is 0.0471. The van der Waals surface area contributed by atoms with Crippen molar-refractivity contribution >= 4 is 45.8 Å². The summed E-state index contributed by atoms with van der Waals surface area (Å²) in [5, 5.41) is 0.211. The molecule has 0 saturated carbocycles. The Balaban J connectivity index is 2.02. The second kappa shape index (κ2) is 10.7. The van der Waals surface area contributed by atoms with Crippen LogP contribution in [0.5, 0.6) is 17.2 Å². The fraction of sp³-hybridized carbons (Fsp3) is 0.360. The van der Waals surface area contributed by atoms with E-state index in [-0.39, 0.29) is 33.8 Å². The highest BCUT2D eigenvalue weighted by atomic mass is 127. The molecule has 32 heavy (non-hydrogen) atoms. The van der Waals surface area contributed by atoms with Gasteiger partial charge in [-0.3, -0.25) is 9.59 Å². The highest BCUT2D eigenvalue weighted by Crippen LogP contribution is 2.46. The van der Waals surface area contributed by atoms with Crippen LogP contribution in [0.15, 0.2) is 42.0 Å². The Morgan fingerprint density at radius 2 is 1.81 bits per heavy atom. The van der Waals surface area contributed by atoms with Gasteiger partial charge in [-0.25, -0.2) is 0 Å². The van der Waals surface area contributed by atoms with E-state index < -0.39 is 5.92 Å². The lowest BCUT2D eigenvalue weighted by atomic mass is 9.73. The molecule has 0 unspecified atom stereocenters. The zero-order chi connectivity index (χ0) is 23.4. The van der Waals surface area contributed by atoms with Crippen LogP contribution in [0.1, 0.15) is 35.7 Å². The summed E-state index contributed by atoms with van der Waals surface area (Å²) in [7, 11) is 4.43. The molecule has 0 amide bonds. The maximum Gasteiger partial charge on any atom is 0.177 e. The van der Waals surface area contributed by atoms with Gasteiger partial charge < -0.3 is 14.2 Å². The molecule has 1 aliphatic carbocycles. The summed E-state index contributed by atoms with van der Waals surface area (Å²) in [5.41, 5.74) is 2.26. The van der Waals surface area contributed by atoms with Gasteiger partial charge in [-0.1, -0.05) is 36.2 Å². The van der Waals surface area contributed by atoms with E-state index in [0.717, 1.165) is 21.1 Å². The quantitative estimate of drug-likeness (QED) is 0.292. The summed E-state index contributed by atoms with van der Waals surface area (Å²) in [6.45, 7) is 1.93. The third kappa shape index (κ3) is 5.12. The number of hydrogen-bond donors (Lipinski definition) is 0. The molecule has 0 fully saturated rings. The van der Waals surface area contributed by atoms with Crippen LogP contribution in [0.25, 0.3) is 0 Å². The predicted molar refractivity (Wildman–Crippen MR) is 133 cm³/mol. The number of hydrogen-bond acceptors (Lipinski definition) is 5. The summed E-state index contributed by atoms with van der Waals surface area (Å²) in [6.07, 6.45) is 3.31. The topological polar surface area (TPSA) is 61.8 Å². The number of carbonyl (C=O) groups excluding carboxylic acids is 2. The molecule has 2 aromatic carbocycles. The SMILES string of the molecule is COc1cc(OC)c(C(=O)[C@H]2C(CCc3cccc(I)c3)=CC(=O)C[C@H]2C)c(OC)c1Cl. The van der Waals surface area contributed by atoms with Crippen molar-refractivity contribution < 1.29 is 23.8 Å². The van der Waals surface area contributed by atoms with Gasteiger partial charge in [-0.15, -0.1) is 0 Å². The van der Waals surface area contributed by atoms with E-state index in [1.54, 1.807) is 12.1 Å². The van der Waals surface area contributed by atoms with Gasteiger partial charge in [-0.2, -0.15) is 0 Å². The molecule has 2 aromatic rings. The predicted octanol–water partition coefficient (Wildman–Crippen LogP) is 5.94. The first-order chi connectivity index (χ1) is 15.3. The fourth-order valence-corrected chi connectivity index (χ4v) is 5.18. The highest BCUT2D eigenvalue weighted by Gasteiger charge is 2.37. The number of benzene rings is 2. The van der Waals surface area contributed by atoms with E-state index in [1.807, 2.05) is 19.1 Å². The monoisotopic (exact) mass is 568 g/mol. The summed E-state index contributed by atoms with van der Waals surface area (Å²) in [5.74, 6) is 0.160. The third-order valence-corrected chi connectivity index (χ3v) is 6.78. The molecule has 0 aromatic heterocycles. The summed E-state index contributed by atoms with van der Waals surface area (Å²) < 4.78 is 17.5. The van der Waals surface area contributed by atoms with Crippen molar-refractivity contribution in [1.82, 2.24) is 0 Å². The van der Waals surface area contributed by atoms with Gasteiger partial charge in [0.15, 0.2) is 17.3 Å². The van der Waals surface area contributed by atoms with Crippen LogP contribution in [-0.2, 0) is 11.2 Å². The number of allylic oxidation sites excluding steroid dienone is 2. The normalized spacial score (nSPS) is 18.2. The van der Waals surface area contributed by atoms with Gasteiger partial charge in [0, 0.05) is 22.0 Å². The molecule has 5 nitrogen and oxygen atoms in total. The minimum atomic E-state index is -0.470. The van der Waals surface area contributed by atoms with Crippen molar-refractivity contribution in [2.75, 3.05) is 21.3 Å². The molecule has 0 heterocycles. The number of carbonyl (C=O) groups is 2. The average molecular weight is 569 g/mol. The van der Waals surface area contributed by atoms with E-state index in [0.29, 0.717) is 24.3 Å². The second-order valence-electron chi connectivity index (χ2n) is 7.84. The van der Waals surface area contributed by atoms with Crippen molar-refractivity contribution in [3.8, 4) is 17.2 Å². The number of rotatable bonds is 8. The van der Waals surface area contributed by atoms with Gasteiger partial charge in [-0.05, 0) is 65.1 Å². The van der Waals surface area contributed by atoms with Crippen LogP contribution in [0, 0.1) is 15.4 Å². The molecule has 7 heteroatoms. The van der Waals surface area contributed by atoms with Crippen LogP contribution >= 0.6 is 34.2 Å². The molecule has 0 N–H and O–H groups in total. The Morgan fingerprint density at radius 1 is 1.09 bits per heavy atom. The standard InChI is InChI=1S/C25H26ClIO5/c1-14-10-18(28)12-16(9-8-15-6-5-7-17(27)11-15)21(14)24(29)22-19(30-2)13-20(31-3)23(26)25(22)32-4/h5-7,11-14,21H,8-10H2,1-4H3/t14-,21-/m1/s1. The smallest absolute Gasteiger partial charge is 0.177 e.